The molecule has 2 aliphatic carbocycles. The molecule has 2 aliphatic rings. The molecule has 0 saturated heterocycles. The van der Waals surface area contributed by atoms with E-state index >= 15 is 0 Å². The predicted molar refractivity (Wildman–Crippen MR) is 76.4 cm³/mol. The highest BCUT2D eigenvalue weighted by atomic mass is 16.1. The third-order valence-corrected chi connectivity index (χ3v) is 5.46. The maximum atomic E-state index is 12.3. The summed E-state index contributed by atoms with van der Waals surface area (Å²) < 4.78 is 0. The normalized spacial score (nSPS) is 34.7. The first-order valence-corrected chi connectivity index (χ1v) is 7.66. The van der Waals surface area contributed by atoms with Crippen LogP contribution in [0.25, 0.3) is 0 Å². The largest absolute Gasteiger partial charge is 0.299 e. The number of hydrogen-bond donors (Lipinski definition) is 0. The van der Waals surface area contributed by atoms with E-state index in [0.717, 1.165) is 24.7 Å². The van der Waals surface area contributed by atoms with Gasteiger partial charge in [-0.15, -0.1) is 6.58 Å². The number of rotatable bonds is 4. The third-order valence-electron chi connectivity index (χ3n) is 5.46. The SMILES string of the molecule is C=CCCC(=O)C1CC2CCC(C1)C(C)(C)CC2. The van der Waals surface area contributed by atoms with Crippen molar-refractivity contribution in [3.63, 3.8) is 0 Å². The van der Waals surface area contributed by atoms with Crippen LogP contribution in [-0.2, 0) is 4.79 Å². The average Bonchev–Trinajstić information content (AvgIpc) is 2.62. The van der Waals surface area contributed by atoms with Crippen LogP contribution in [0.3, 0.4) is 0 Å². The Hall–Kier alpha value is -0.590. The Morgan fingerprint density at radius 2 is 2.06 bits per heavy atom. The molecule has 2 rings (SSSR count). The fourth-order valence-electron chi connectivity index (χ4n) is 3.98. The highest BCUT2D eigenvalue weighted by Gasteiger charge is 2.40. The lowest BCUT2D eigenvalue weighted by molar-refractivity contribution is -0.124. The second kappa shape index (κ2) is 5.59. The number of Topliss-reactive ketones (excluding diaryl/α,β-unsaturated/α-hetero) is 1. The summed E-state index contributed by atoms with van der Waals surface area (Å²) in [5.41, 5.74) is 0.451. The molecule has 0 amide bonds. The molecule has 2 saturated carbocycles. The van der Waals surface area contributed by atoms with Crippen molar-refractivity contribution in [1.82, 2.24) is 0 Å². The van der Waals surface area contributed by atoms with Crippen molar-refractivity contribution in [3.8, 4) is 0 Å². The standard InChI is InChI=1S/C17H28O/c1-4-5-6-16(18)14-11-13-7-8-15(12-14)17(2,3)10-9-13/h4,13-15H,1,5-12H2,2-3H3. The van der Waals surface area contributed by atoms with Gasteiger partial charge < -0.3 is 0 Å². The number of carbonyl (C=O) groups excluding carboxylic acids is 1. The Bertz CT molecular complexity index is 316. The van der Waals surface area contributed by atoms with Crippen molar-refractivity contribution in [3.05, 3.63) is 12.7 Å². The maximum absolute atomic E-state index is 12.3. The van der Waals surface area contributed by atoms with Crippen molar-refractivity contribution < 1.29 is 4.79 Å². The third kappa shape index (κ3) is 3.05. The van der Waals surface area contributed by atoms with E-state index in [4.69, 9.17) is 0 Å². The smallest absolute Gasteiger partial charge is 0.136 e. The lowest BCUT2D eigenvalue weighted by Crippen LogP contribution is -2.29. The lowest BCUT2D eigenvalue weighted by Gasteiger charge is -2.36. The van der Waals surface area contributed by atoms with E-state index in [-0.39, 0.29) is 0 Å². The molecule has 2 fully saturated rings. The molecule has 18 heavy (non-hydrogen) atoms. The molecule has 0 aromatic carbocycles. The van der Waals surface area contributed by atoms with Gasteiger partial charge in [-0.3, -0.25) is 4.79 Å². The summed E-state index contributed by atoms with van der Waals surface area (Å²) in [6.07, 6.45) is 11.2. The molecule has 3 atom stereocenters. The number of ketones is 1. The summed E-state index contributed by atoms with van der Waals surface area (Å²) >= 11 is 0. The van der Waals surface area contributed by atoms with Gasteiger partial charge in [0.25, 0.3) is 0 Å². The molecule has 0 aromatic heterocycles. The molecule has 1 heteroatoms. The van der Waals surface area contributed by atoms with E-state index in [1.807, 2.05) is 6.08 Å². The van der Waals surface area contributed by atoms with Gasteiger partial charge in [0.1, 0.15) is 5.78 Å². The monoisotopic (exact) mass is 248 g/mol. The fourth-order valence-corrected chi connectivity index (χ4v) is 3.98. The summed E-state index contributed by atoms with van der Waals surface area (Å²) in [5, 5.41) is 0. The first-order valence-electron chi connectivity index (χ1n) is 7.66. The van der Waals surface area contributed by atoms with E-state index in [2.05, 4.69) is 20.4 Å². The number of hydrogen-bond acceptors (Lipinski definition) is 1. The summed E-state index contributed by atoms with van der Waals surface area (Å²) in [4.78, 5) is 12.3. The molecule has 1 nitrogen and oxygen atoms in total. The van der Waals surface area contributed by atoms with Crippen LogP contribution in [0.1, 0.15) is 65.2 Å². The van der Waals surface area contributed by atoms with E-state index in [0.29, 0.717) is 23.5 Å². The van der Waals surface area contributed by atoms with Gasteiger partial charge in [0.05, 0.1) is 0 Å². The van der Waals surface area contributed by atoms with Crippen LogP contribution >= 0.6 is 0 Å². The Kier molecular flexibility index (Phi) is 4.29. The van der Waals surface area contributed by atoms with Crippen molar-refractivity contribution in [1.29, 1.82) is 0 Å². The molecule has 0 spiro atoms. The van der Waals surface area contributed by atoms with Gasteiger partial charge in [0.2, 0.25) is 0 Å². The van der Waals surface area contributed by atoms with E-state index in [1.54, 1.807) is 0 Å². The van der Waals surface area contributed by atoms with Crippen molar-refractivity contribution in [2.45, 2.75) is 65.2 Å². The molecule has 0 aliphatic heterocycles. The van der Waals surface area contributed by atoms with Crippen LogP contribution in [0.15, 0.2) is 12.7 Å². The average molecular weight is 248 g/mol. The second-order valence-electron chi connectivity index (χ2n) is 7.13. The zero-order valence-corrected chi connectivity index (χ0v) is 12.1. The molecule has 0 heterocycles. The fraction of sp³-hybridized carbons (Fsp3) is 0.824. The number of allylic oxidation sites excluding steroid dienone is 1. The molecule has 0 N–H and O–H groups in total. The summed E-state index contributed by atoms with van der Waals surface area (Å²) in [6, 6.07) is 0. The minimum Gasteiger partial charge on any atom is -0.299 e. The van der Waals surface area contributed by atoms with Crippen molar-refractivity contribution in [2.24, 2.45) is 23.2 Å². The van der Waals surface area contributed by atoms with Crippen molar-refractivity contribution in [2.75, 3.05) is 0 Å². The molecule has 3 unspecified atom stereocenters. The zero-order valence-electron chi connectivity index (χ0n) is 12.1. The van der Waals surface area contributed by atoms with Crippen LogP contribution in [0, 0.1) is 23.2 Å². The zero-order chi connectivity index (χ0) is 13.2. The molecule has 102 valence electrons. The van der Waals surface area contributed by atoms with Gasteiger partial charge in [-0.1, -0.05) is 26.3 Å². The molecular formula is C17H28O. The minimum atomic E-state index is 0.349. The van der Waals surface area contributed by atoms with E-state index in [9.17, 15) is 4.79 Å². The summed E-state index contributed by atoms with van der Waals surface area (Å²) in [6.45, 7) is 8.55. The summed E-state index contributed by atoms with van der Waals surface area (Å²) in [5.74, 6) is 2.43. The first-order chi connectivity index (χ1) is 8.53. The van der Waals surface area contributed by atoms with Crippen LogP contribution in [0.5, 0.6) is 0 Å². The topological polar surface area (TPSA) is 17.1 Å². The van der Waals surface area contributed by atoms with Gasteiger partial charge >= 0.3 is 0 Å². The van der Waals surface area contributed by atoms with E-state index in [1.165, 1.54) is 32.1 Å². The van der Waals surface area contributed by atoms with Gasteiger partial charge in [0, 0.05) is 12.3 Å². The number of fused-ring (bicyclic) bond motifs is 3. The number of carbonyl (C=O) groups is 1. The predicted octanol–water partition coefficient (Wildman–Crippen LogP) is 4.76. The second-order valence-corrected chi connectivity index (χ2v) is 7.13. The molecular weight excluding hydrogens is 220 g/mol. The Morgan fingerprint density at radius 3 is 2.78 bits per heavy atom. The van der Waals surface area contributed by atoms with Crippen LogP contribution in [0.4, 0.5) is 0 Å². The Morgan fingerprint density at radius 1 is 1.28 bits per heavy atom. The minimum absolute atomic E-state index is 0.349. The van der Waals surface area contributed by atoms with Crippen LogP contribution < -0.4 is 0 Å². The van der Waals surface area contributed by atoms with Gasteiger partial charge in [-0.05, 0) is 55.8 Å². The molecule has 0 radical (unpaired) electrons. The maximum Gasteiger partial charge on any atom is 0.136 e. The van der Waals surface area contributed by atoms with Crippen LogP contribution in [0.2, 0.25) is 0 Å². The molecule has 0 aromatic rings. The quantitative estimate of drug-likeness (QED) is 0.655. The first kappa shape index (κ1) is 13.8. The highest BCUT2D eigenvalue weighted by Crippen LogP contribution is 2.49. The molecule has 2 bridgehead atoms. The lowest BCUT2D eigenvalue weighted by atomic mass is 9.69. The Labute approximate surface area is 112 Å². The van der Waals surface area contributed by atoms with Gasteiger partial charge in [-0.25, -0.2) is 0 Å². The Balaban J connectivity index is 2.06. The summed E-state index contributed by atoms with van der Waals surface area (Å²) in [7, 11) is 0. The highest BCUT2D eigenvalue weighted by molar-refractivity contribution is 5.81. The van der Waals surface area contributed by atoms with E-state index < -0.39 is 0 Å². The van der Waals surface area contributed by atoms with Gasteiger partial charge in [0.15, 0.2) is 0 Å². The van der Waals surface area contributed by atoms with Crippen molar-refractivity contribution >= 4 is 5.78 Å². The van der Waals surface area contributed by atoms with Crippen LogP contribution in [-0.4, -0.2) is 5.78 Å². The van der Waals surface area contributed by atoms with Gasteiger partial charge in [-0.2, -0.15) is 0 Å².